The average Bonchev–Trinajstić information content (AvgIpc) is 2.53. The number of rotatable bonds is 1. The molecule has 1 N–H and O–H groups in total. The Morgan fingerprint density at radius 3 is 2.38 bits per heavy atom. The van der Waals surface area contributed by atoms with Crippen molar-refractivity contribution in [1.29, 1.82) is 0 Å². The molecular weight excluding hydrogens is 207 g/mol. The lowest BCUT2D eigenvalue weighted by Gasteiger charge is -2.16. The van der Waals surface area contributed by atoms with Gasteiger partial charge in [0.25, 0.3) is 0 Å². The zero-order valence-electron chi connectivity index (χ0n) is 7.06. The van der Waals surface area contributed by atoms with Gasteiger partial charge in [-0.05, 0) is 18.2 Å². The molecule has 0 aliphatic carbocycles. The molecule has 1 saturated heterocycles. The van der Waals surface area contributed by atoms with Crippen LogP contribution in [0.3, 0.4) is 0 Å². The van der Waals surface area contributed by atoms with E-state index in [-0.39, 0.29) is 0 Å². The number of nitrogens with one attached hydrogen (secondary N) is 1. The van der Waals surface area contributed by atoms with E-state index in [0.29, 0.717) is 10.0 Å². The molecule has 1 aliphatic heterocycles. The van der Waals surface area contributed by atoms with E-state index in [2.05, 4.69) is 10.2 Å². The predicted octanol–water partition coefficient (Wildman–Crippen LogP) is 2.36. The molecule has 0 radical (unpaired) electrons. The molecule has 0 unspecified atom stereocenters. The molecule has 1 aliphatic rings. The Kier molecular flexibility index (Phi) is 2.63. The highest BCUT2D eigenvalue weighted by Gasteiger charge is 2.12. The third-order valence-electron chi connectivity index (χ3n) is 2.07. The molecule has 0 amide bonds. The highest BCUT2D eigenvalue weighted by atomic mass is 35.5. The number of hydrogen-bond donors (Lipinski definition) is 1. The van der Waals surface area contributed by atoms with Crippen molar-refractivity contribution in [3.8, 4) is 0 Å². The van der Waals surface area contributed by atoms with Crippen LogP contribution in [0.4, 0.5) is 5.69 Å². The molecule has 4 heteroatoms. The average molecular weight is 217 g/mol. The highest BCUT2D eigenvalue weighted by Crippen LogP contribution is 2.25. The van der Waals surface area contributed by atoms with Crippen LogP contribution < -0.4 is 10.2 Å². The molecule has 2 nitrogen and oxygen atoms in total. The van der Waals surface area contributed by atoms with Crippen molar-refractivity contribution < 1.29 is 0 Å². The van der Waals surface area contributed by atoms with Gasteiger partial charge in [0.05, 0.1) is 6.67 Å². The molecular formula is C9H10Cl2N2. The van der Waals surface area contributed by atoms with Gasteiger partial charge in [-0.1, -0.05) is 23.2 Å². The summed E-state index contributed by atoms with van der Waals surface area (Å²) in [6, 6.07) is 5.61. The summed E-state index contributed by atoms with van der Waals surface area (Å²) >= 11 is 11.8. The van der Waals surface area contributed by atoms with Crippen LogP contribution in [0.15, 0.2) is 18.2 Å². The summed E-state index contributed by atoms with van der Waals surface area (Å²) in [5, 5.41) is 4.63. The van der Waals surface area contributed by atoms with Gasteiger partial charge in [0, 0.05) is 28.8 Å². The molecule has 0 saturated carbocycles. The molecule has 1 fully saturated rings. The van der Waals surface area contributed by atoms with E-state index in [1.54, 1.807) is 6.07 Å². The summed E-state index contributed by atoms with van der Waals surface area (Å²) in [4.78, 5) is 2.21. The maximum Gasteiger partial charge on any atom is 0.0683 e. The Morgan fingerprint density at radius 2 is 1.85 bits per heavy atom. The molecule has 0 atom stereocenters. The van der Waals surface area contributed by atoms with Crippen LogP contribution in [0.25, 0.3) is 0 Å². The minimum Gasteiger partial charge on any atom is -0.357 e. The molecule has 70 valence electrons. The van der Waals surface area contributed by atoms with Crippen molar-refractivity contribution in [1.82, 2.24) is 5.32 Å². The van der Waals surface area contributed by atoms with Gasteiger partial charge >= 0.3 is 0 Å². The van der Waals surface area contributed by atoms with Gasteiger partial charge in [0.2, 0.25) is 0 Å². The monoisotopic (exact) mass is 216 g/mol. The van der Waals surface area contributed by atoms with Crippen LogP contribution in [-0.2, 0) is 0 Å². The summed E-state index contributed by atoms with van der Waals surface area (Å²) in [5.74, 6) is 0. The van der Waals surface area contributed by atoms with Gasteiger partial charge in [-0.25, -0.2) is 0 Å². The number of nitrogens with zero attached hydrogens (tertiary/aromatic N) is 1. The zero-order valence-corrected chi connectivity index (χ0v) is 8.57. The highest BCUT2D eigenvalue weighted by molar-refractivity contribution is 6.35. The van der Waals surface area contributed by atoms with Crippen LogP contribution in [0.1, 0.15) is 0 Å². The second kappa shape index (κ2) is 3.74. The van der Waals surface area contributed by atoms with Crippen molar-refractivity contribution in [2.24, 2.45) is 0 Å². The maximum absolute atomic E-state index is 5.90. The van der Waals surface area contributed by atoms with Crippen molar-refractivity contribution in [3.05, 3.63) is 28.2 Å². The Bertz CT molecular complexity index is 288. The van der Waals surface area contributed by atoms with Gasteiger partial charge in [0.15, 0.2) is 0 Å². The van der Waals surface area contributed by atoms with Crippen molar-refractivity contribution in [2.45, 2.75) is 0 Å². The van der Waals surface area contributed by atoms with Gasteiger partial charge in [-0.2, -0.15) is 0 Å². The molecule has 0 spiro atoms. The molecule has 1 aromatic carbocycles. The summed E-state index contributed by atoms with van der Waals surface area (Å²) in [7, 11) is 0. The fourth-order valence-electron chi connectivity index (χ4n) is 1.45. The van der Waals surface area contributed by atoms with E-state index < -0.39 is 0 Å². The van der Waals surface area contributed by atoms with Crippen molar-refractivity contribution in [3.63, 3.8) is 0 Å². The normalized spacial score (nSPS) is 16.6. The first-order valence-electron chi connectivity index (χ1n) is 4.17. The number of halogens is 2. The van der Waals surface area contributed by atoms with E-state index in [0.717, 1.165) is 25.4 Å². The first-order valence-corrected chi connectivity index (χ1v) is 4.93. The van der Waals surface area contributed by atoms with Crippen LogP contribution in [-0.4, -0.2) is 19.8 Å². The van der Waals surface area contributed by atoms with Crippen LogP contribution in [0, 0.1) is 0 Å². The second-order valence-corrected chi connectivity index (χ2v) is 3.92. The Morgan fingerprint density at radius 1 is 1.15 bits per heavy atom. The fourth-order valence-corrected chi connectivity index (χ4v) is 1.96. The minimum atomic E-state index is 0.689. The van der Waals surface area contributed by atoms with Crippen LogP contribution in [0.2, 0.25) is 10.0 Å². The summed E-state index contributed by atoms with van der Waals surface area (Å²) < 4.78 is 0. The van der Waals surface area contributed by atoms with Gasteiger partial charge < -0.3 is 4.90 Å². The SMILES string of the molecule is Clc1cc(Cl)cc(N2CCNC2)c1. The smallest absolute Gasteiger partial charge is 0.0683 e. The van der Waals surface area contributed by atoms with E-state index in [1.165, 1.54) is 0 Å². The summed E-state index contributed by atoms with van der Waals surface area (Å²) in [5.41, 5.74) is 1.09. The first kappa shape index (κ1) is 9.13. The van der Waals surface area contributed by atoms with Gasteiger partial charge in [-0.3, -0.25) is 5.32 Å². The predicted molar refractivity (Wildman–Crippen MR) is 56.7 cm³/mol. The van der Waals surface area contributed by atoms with E-state index in [1.807, 2.05) is 12.1 Å². The Hall–Kier alpha value is -0.440. The van der Waals surface area contributed by atoms with E-state index >= 15 is 0 Å². The quantitative estimate of drug-likeness (QED) is 0.776. The van der Waals surface area contributed by atoms with Gasteiger partial charge in [-0.15, -0.1) is 0 Å². The minimum absolute atomic E-state index is 0.689. The molecule has 1 heterocycles. The summed E-state index contributed by atoms with van der Waals surface area (Å²) in [6.45, 7) is 2.90. The second-order valence-electron chi connectivity index (χ2n) is 3.05. The molecule has 2 rings (SSSR count). The van der Waals surface area contributed by atoms with E-state index in [9.17, 15) is 0 Å². The van der Waals surface area contributed by atoms with Gasteiger partial charge in [0.1, 0.15) is 0 Å². The Labute approximate surface area is 87.4 Å². The molecule has 13 heavy (non-hydrogen) atoms. The van der Waals surface area contributed by atoms with Crippen molar-refractivity contribution in [2.75, 3.05) is 24.7 Å². The zero-order chi connectivity index (χ0) is 9.26. The largest absolute Gasteiger partial charge is 0.357 e. The number of hydrogen-bond acceptors (Lipinski definition) is 2. The molecule has 0 aromatic heterocycles. The maximum atomic E-state index is 5.90. The third kappa shape index (κ3) is 2.08. The van der Waals surface area contributed by atoms with Crippen LogP contribution >= 0.6 is 23.2 Å². The van der Waals surface area contributed by atoms with Crippen LogP contribution in [0.5, 0.6) is 0 Å². The van der Waals surface area contributed by atoms with E-state index in [4.69, 9.17) is 23.2 Å². The topological polar surface area (TPSA) is 15.3 Å². The Balaban J connectivity index is 2.28. The first-order chi connectivity index (χ1) is 6.25. The lowest BCUT2D eigenvalue weighted by atomic mass is 10.3. The molecule has 1 aromatic rings. The lowest BCUT2D eigenvalue weighted by Crippen LogP contribution is -2.20. The lowest BCUT2D eigenvalue weighted by molar-refractivity contribution is 0.855. The molecule has 0 bridgehead atoms. The number of anilines is 1. The summed E-state index contributed by atoms with van der Waals surface area (Å²) in [6.07, 6.45) is 0. The van der Waals surface area contributed by atoms with Crippen molar-refractivity contribution >= 4 is 28.9 Å². The standard InChI is InChI=1S/C9H10Cl2N2/c10-7-3-8(11)5-9(4-7)13-2-1-12-6-13/h3-5,12H,1-2,6H2. The number of benzene rings is 1. The third-order valence-corrected chi connectivity index (χ3v) is 2.51. The fraction of sp³-hybridized carbons (Fsp3) is 0.333.